The minimum atomic E-state index is -0.253. The van der Waals surface area contributed by atoms with Crippen molar-refractivity contribution in [2.75, 3.05) is 25.5 Å². The summed E-state index contributed by atoms with van der Waals surface area (Å²) < 4.78 is 3.42. The highest BCUT2D eigenvalue weighted by atomic mass is 16.1. The number of amides is 1. The van der Waals surface area contributed by atoms with Gasteiger partial charge in [-0.25, -0.2) is 14.2 Å². The predicted octanol–water partition coefficient (Wildman–Crippen LogP) is 3.28. The van der Waals surface area contributed by atoms with Crippen LogP contribution in [0, 0.1) is 6.92 Å². The molecule has 1 amide bonds. The zero-order valence-corrected chi connectivity index (χ0v) is 17.7. The second-order valence-corrected chi connectivity index (χ2v) is 8.18. The fourth-order valence-electron chi connectivity index (χ4n) is 4.05. The molecule has 1 aliphatic rings. The first-order valence-corrected chi connectivity index (χ1v) is 10.5. The molecule has 1 aromatic carbocycles. The molecule has 5 rings (SSSR count). The first-order chi connectivity index (χ1) is 15.1. The Morgan fingerprint density at radius 3 is 2.71 bits per heavy atom. The first kappa shape index (κ1) is 19.4. The molecule has 1 N–H and O–H groups in total. The molecule has 3 aromatic heterocycles. The lowest BCUT2D eigenvalue weighted by atomic mass is 9.94. The Bertz CT molecular complexity index is 1220. The van der Waals surface area contributed by atoms with E-state index >= 15 is 0 Å². The van der Waals surface area contributed by atoms with Gasteiger partial charge in [-0.3, -0.25) is 4.79 Å². The van der Waals surface area contributed by atoms with Crippen LogP contribution in [0.3, 0.4) is 0 Å². The van der Waals surface area contributed by atoms with E-state index in [0.29, 0.717) is 22.9 Å². The van der Waals surface area contributed by atoms with Crippen LogP contribution >= 0.6 is 0 Å². The van der Waals surface area contributed by atoms with E-state index in [1.165, 1.54) is 5.56 Å². The molecule has 4 aromatic rings. The van der Waals surface area contributed by atoms with Gasteiger partial charge in [0.15, 0.2) is 5.65 Å². The van der Waals surface area contributed by atoms with E-state index in [1.807, 2.05) is 35.0 Å². The van der Waals surface area contributed by atoms with Gasteiger partial charge in [0, 0.05) is 24.4 Å². The summed E-state index contributed by atoms with van der Waals surface area (Å²) in [6, 6.07) is 11.9. The van der Waals surface area contributed by atoms with Crippen molar-refractivity contribution in [3.05, 3.63) is 71.8 Å². The fraction of sp³-hybridized carbons (Fsp3) is 0.304. The van der Waals surface area contributed by atoms with Crippen LogP contribution in [0.2, 0.25) is 0 Å². The summed E-state index contributed by atoms with van der Waals surface area (Å²) in [6.07, 6.45) is 7.10. The van der Waals surface area contributed by atoms with Gasteiger partial charge in [-0.05, 0) is 58.1 Å². The van der Waals surface area contributed by atoms with Crippen LogP contribution in [-0.2, 0) is 0 Å². The van der Waals surface area contributed by atoms with Crippen LogP contribution in [0.1, 0.15) is 40.4 Å². The van der Waals surface area contributed by atoms with Gasteiger partial charge in [-0.15, -0.1) is 0 Å². The van der Waals surface area contributed by atoms with Crippen molar-refractivity contribution in [2.45, 2.75) is 25.7 Å². The second-order valence-electron chi connectivity index (χ2n) is 8.18. The zero-order chi connectivity index (χ0) is 21.4. The number of benzene rings is 1. The van der Waals surface area contributed by atoms with Crippen molar-refractivity contribution in [3.63, 3.8) is 0 Å². The quantitative estimate of drug-likeness (QED) is 0.553. The SMILES string of the molecule is Cc1ccc(-n2nc(C3CCN(C)CC3)cc2NC(=O)c2cnn3cccnc23)cc1. The van der Waals surface area contributed by atoms with Gasteiger partial charge >= 0.3 is 0 Å². The molecule has 0 aliphatic carbocycles. The summed E-state index contributed by atoms with van der Waals surface area (Å²) in [5.74, 6) is 0.784. The van der Waals surface area contributed by atoms with E-state index in [4.69, 9.17) is 5.10 Å². The zero-order valence-electron chi connectivity index (χ0n) is 17.7. The number of carbonyl (C=O) groups is 1. The number of carbonyl (C=O) groups excluding carboxylic acids is 1. The number of nitrogens with one attached hydrogen (secondary N) is 1. The van der Waals surface area contributed by atoms with Gasteiger partial charge in [-0.2, -0.15) is 10.2 Å². The van der Waals surface area contributed by atoms with Crippen LogP contribution < -0.4 is 5.32 Å². The molecule has 4 heterocycles. The molecule has 0 saturated carbocycles. The van der Waals surface area contributed by atoms with Crippen LogP contribution in [0.5, 0.6) is 0 Å². The number of hydrogen-bond donors (Lipinski definition) is 1. The number of nitrogens with zero attached hydrogens (tertiary/aromatic N) is 6. The lowest BCUT2D eigenvalue weighted by Crippen LogP contribution is -2.29. The molecule has 0 radical (unpaired) electrons. The molecular weight excluding hydrogens is 390 g/mol. The summed E-state index contributed by atoms with van der Waals surface area (Å²) in [4.78, 5) is 19.7. The Morgan fingerprint density at radius 2 is 1.94 bits per heavy atom. The smallest absolute Gasteiger partial charge is 0.262 e. The van der Waals surface area contributed by atoms with Crippen LogP contribution in [0.25, 0.3) is 11.3 Å². The van der Waals surface area contributed by atoms with Crippen LogP contribution in [-0.4, -0.2) is 55.3 Å². The summed E-state index contributed by atoms with van der Waals surface area (Å²) >= 11 is 0. The molecule has 0 bridgehead atoms. The van der Waals surface area contributed by atoms with Gasteiger partial charge in [0.05, 0.1) is 17.6 Å². The topological polar surface area (TPSA) is 80.4 Å². The summed E-state index contributed by atoms with van der Waals surface area (Å²) in [5, 5.41) is 12.2. The highest BCUT2D eigenvalue weighted by Gasteiger charge is 2.24. The van der Waals surface area contributed by atoms with Crippen molar-refractivity contribution in [1.82, 2.24) is 29.3 Å². The Labute approximate surface area is 180 Å². The third kappa shape index (κ3) is 3.82. The average Bonchev–Trinajstić information content (AvgIpc) is 3.39. The predicted molar refractivity (Wildman–Crippen MR) is 119 cm³/mol. The lowest BCUT2D eigenvalue weighted by Gasteiger charge is -2.27. The Balaban J connectivity index is 1.50. The number of piperidine rings is 1. The normalized spacial score (nSPS) is 15.4. The number of aromatic nitrogens is 5. The van der Waals surface area contributed by atoms with Crippen LogP contribution in [0.15, 0.2) is 55.0 Å². The maximum Gasteiger partial charge on any atom is 0.262 e. The van der Waals surface area contributed by atoms with E-state index in [2.05, 4.69) is 34.3 Å². The number of rotatable bonds is 4. The minimum Gasteiger partial charge on any atom is -0.306 e. The van der Waals surface area contributed by atoms with Crippen molar-refractivity contribution >= 4 is 17.4 Å². The number of likely N-dealkylation sites (tertiary alicyclic amines) is 1. The molecule has 8 heteroatoms. The number of fused-ring (bicyclic) bond motifs is 1. The molecule has 1 saturated heterocycles. The lowest BCUT2D eigenvalue weighted by molar-refractivity contribution is 0.102. The first-order valence-electron chi connectivity index (χ1n) is 10.5. The number of anilines is 1. The van der Waals surface area contributed by atoms with Crippen molar-refractivity contribution in [3.8, 4) is 5.69 Å². The number of hydrogen-bond acceptors (Lipinski definition) is 5. The van der Waals surface area contributed by atoms with Crippen LogP contribution in [0.4, 0.5) is 5.82 Å². The molecule has 158 valence electrons. The minimum absolute atomic E-state index is 0.253. The van der Waals surface area contributed by atoms with E-state index in [0.717, 1.165) is 37.3 Å². The molecule has 31 heavy (non-hydrogen) atoms. The summed E-state index contributed by atoms with van der Waals surface area (Å²) in [5.41, 5.74) is 4.06. The highest BCUT2D eigenvalue weighted by molar-refractivity contribution is 6.07. The Morgan fingerprint density at radius 1 is 1.16 bits per heavy atom. The monoisotopic (exact) mass is 415 g/mol. The van der Waals surface area contributed by atoms with E-state index in [9.17, 15) is 4.79 Å². The average molecular weight is 416 g/mol. The molecule has 0 spiro atoms. The van der Waals surface area contributed by atoms with Gasteiger partial charge in [-0.1, -0.05) is 17.7 Å². The molecular formula is C23H25N7O. The van der Waals surface area contributed by atoms with Crippen molar-refractivity contribution in [1.29, 1.82) is 0 Å². The van der Waals surface area contributed by atoms with Crippen molar-refractivity contribution < 1.29 is 4.79 Å². The maximum absolute atomic E-state index is 13.1. The fourth-order valence-corrected chi connectivity index (χ4v) is 4.05. The highest BCUT2D eigenvalue weighted by Crippen LogP contribution is 2.30. The molecule has 8 nitrogen and oxygen atoms in total. The molecule has 0 atom stereocenters. The second kappa shape index (κ2) is 7.96. The summed E-state index contributed by atoms with van der Waals surface area (Å²) in [6.45, 7) is 4.16. The van der Waals surface area contributed by atoms with Gasteiger partial charge in [0.1, 0.15) is 11.4 Å². The van der Waals surface area contributed by atoms with Gasteiger partial charge in [0.2, 0.25) is 0 Å². The molecule has 1 aliphatic heterocycles. The largest absolute Gasteiger partial charge is 0.306 e. The third-order valence-electron chi connectivity index (χ3n) is 5.91. The van der Waals surface area contributed by atoms with Gasteiger partial charge in [0.25, 0.3) is 5.91 Å². The van der Waals surface area contributed by atoms with E-state index in [1.54, 1.807) is 29.2 Å². The third-order valence-corrected chi connectivity index (χ3v) is 5.91. The Hall–Kier alpha value is -3.52. The van der Waals surface area contributed by atoms with E-state index < -0.39 is 0 Å². The molecule has 1 fully saturated rings. The Kier molecular flexibility index (Phi) is 4.99. The summed E-state index contributed by atoms with van der Waals surface area (Å²) in [7, 11) is 2.15. The number of aryl methyl sites for hydroxylation is 1. The van der Waals surface area contributed by atoms with E-state index in [-0.39, 0.29) is 5.91 Å². The molecule has 0 unspecified atom stereocenters. The standard InChI is InChI=1S/C23H25N7O/c1-16-4-6-18(7-5-16)30-21(14-20(27-30)17-8-12-28(2)13-9-17)26-23(31)19-15-25-29-11-3-10-24-22(19)29/h3-7,10-11,14-15,17H,8-9,12-13H2,1-2H3,(H,26,31). The van der Waals surface area contributed by atoms with Gasteiger partial charge < -0.3 is 10.2 Å². The van der Waals surface area contributed by atoms with Crippen molar-refractivity contribution in [2.24, 2.45) is 0 Å². The maximum atomic E-state index is 13.1.